The molecule has 1 fully saturated rings. The van der Waals surface area contributed by atoms with E-state index in [1.54, 1.807) is 7.05 Å². The number of likely N-dealkylation sites (N-methyl/N-ethyl adjacent to an activating group) is 1. The van der Waals surface area contributed by atoms with E-state index in [1.807, 2.05) is 32.3 Å². The van der Waals surface area contributed by atoms with Gasteiger partial charge in [-0.3, -0.25) is 4.99 Å². The molecule has 0 bridgehead atoms. The molecule has 0 radical (unpaired) electrons. The lowest BCUT2D eigenvalue weighted by Crippen LogP contribution is -2.37. The number of ether oxygens (including phenoxy) is 2. The van der Waals surface area contributed by atoms with Crippen molar-refractivity contribution in [2.45, 2.75) is 25.8 Å². The first kappa shape index (κ1) is 20.5. The first-order valence-electron chi connectivity index (χ1n) is 9.56. The van der Waals surface area contributed by atoms with Gasteiger partial charge in [-0.15, -0.1) is 0 Å². The largest absolute Gasteiger partial charge is 0.492 e. The standard InChI is InChI=1S/C20H34N4O2/c1-21-20(22-11-6-13-25-16-17-9-10-17)23-15-18-7-4-5-8-19(18)26-14-12-24(2)3/h4-5,7-8,17H,6,9-16H2,1-3H3,(H2,21,22,23). The summed E-state index contributed by atoms with van der Waals surface area (Å²) >= 11 is 0. The van der Waals surface area contributed by atoms with E-state index >= 15 is 0 Å². The van der Waals surface area contributed by atoms with Crippen LogP contribution < -0.4 is 15.4 Å². The summed E-state index contributed by atoms with van der Waals surface area (Å²) in [4.78, 5) is 6.39. The van der Waals surface area contributed by atoms with E-state index in [2.05, 4.69) is 26.6 Å². The summed E-state index contributed by atoms with van der Waals surface area (Å²) in [6, 6.07) is 8.13. The highest BCUT2D eigenvalue weighted by atomic mass is 16.5. The van der Waals surface area contributed by atoms with Crippen molar-refractivity contribution in [1.29, 1.82) is 0 Å². The molecule has 1 saturated carbocycles. The van der Waals surface area contributed by atoms with Crippen LogP contribution in [0.4, 0.5) is 0 Å². The highest BCUT2D eigenvalue weighted by Crippen LogP contribution is 2.28. The van der Waals surface area contributed by atoms with Crippen molar-refractivity contribution in [3.8, 4) is 5.75 Å². The average Bonchev–Trinajstić information content (AvgIpc) is 3.45. The van der Waals surface area contributed by atoms with Crippen LogP contribution in [-0.2, 0) is 11.3 Å². The molecule has 146 valence electrons. The summed E-state index contributed by atoms with van der Waals surface area (Å²) in [6.07, 6.45) is 3.67. The Labute approximate surface area is 158 Å². The van der Waals surface area contributed by atoms with Gasteiger partial charge in [-0.2, -0.15) is 0 Å². The van der Waals surface area contributed by atoms with Crippen molar-refractivity contribution in [3.05, 3.63) is 29.8 Å². The Kier molecular flexibility index (Phi) is 9.28. The smallest absolute Gasteiger partial charge is 0.191 e. The molecule has 0 aromatic heterocycles. The van der Waals surface area contributed by atoms with Gasteiger partial charge in [0.15, 0.2) is 5.96 Å². The Morgan fingerprint density at radius 3 is 2.73 bits per heavy atom. The second-order valence-electron chi connectivity index (χ2n) is 6.98. The van der Waals surface area contributed by atoms with Crippen molar-refractivity contribution in [2.24, 2.45) is 10.9 Å². The van der Waals surface area contributed by atoms with Crippen molar-refractivity contribution in [3.63, 3.8) is 0 Å². The summed E-state index contributed by atoms with van der Waals surface area (Å²) < 4.78 is 11.6. The van der Waals surface area contributed by atoms with Gasteiger partial charge < -0.3 is 25.0 Å². The van der Waals surface area contributed by atoms with E-state index in [1.165, 1.54) is 12.8 Å². The van der Waals surface area contributed by atoms with E-state index in [4.69, 9.17) is 9.47 Å². The molecule has 2 rings (SSSR count). The predicted molar refractivity (Wildman–Crippen MR) is 107 cm³/mol. The van der Waals surface area contributed by atoms with Crippen molar-refractivity contribution < 1.29 is 9.47 Å². The molecule has 1 aromatic carbocycles. The Balaban J connectivity index is 1.66. The highest BCUT2D eigenvalue weighted by Gasteiger charge is 2.20. The van der Waals surface area contributed by atoms with Crippen LogP contribution in [0, 0.1) is 5.92 Å². The molecule has 6 nitrogen and oxygen atoms in total. The molecule has 0 unspecified atom stereocenters. The van der Waals surface area contributed by atoms with Crippen LogP contribution in [0.3, 0.4) is 0 Å². The fourth-order valence-corrected chi connectivity index (χ4v) is 2.44. The zero-order valence-corrected chi connectivity index (χ0v) is 16.5. The molecule has 2 N–H and O–H groups in total. The minimum atomic E-state index is 0.677. The van der Waals surface area contributed by atoms with Crippen molar-refractivity contribution >= 4 is 5.96 Å². The number of hydrogen-bond acceptors (Lipinski definition) is 4. The Morgan fingerprint density at radius 2 is 2.00 bits per heavy atom. The van der Waals surface area contributed by atoms with Crippen LogP contribution in [0.1, 0.15) is 24.8 Å². The highest BCUT2D eigenvalue weighted by molar-refractivity contribution is 5.79. The summed E-state index contributed by atoms with van der Waals surface area (Å²) in [6.45, 7) is 4.84. The summed E-state index contributed by atoms with van der Waals surface area (Å²) in [5, 5.41) is 6.68. The predicted octanol–water partition coefficient (Wildman–Crippen LogP) is 2.11. The summed E-state index contributed by atoms with van der Waals surface area (Å²) in [5.74, 6) is 2.55. The molecule has 6 heteroatoms. The first-order chi connectivity index (χ1) is 12.7. The number of nitrogens with one attached hydrogen (secondary N) is 2. The third-order valence-electron chi connectivity index (χ3n) is 4.25. The molecular weight excluding hydrogens is 328 g/mol. The molecule has 1 aliphatic carbocycles. The van der Waals surface area contributed by atoms with Crippen molar-refractivity contribution in [2.75, 3.05) is 54.1 Å². The van der Waals surface area contributed by atoms with Gasteiger partial charge in [-0.05, 0) is 45.3 Å². The molecule has 1 aromatic rings. The average molecular weight is 363 g/mol. The number of benzene rings is 1. The van der Waals surface area contributed by atoms with E-state index in [-0.39, 0.29) is 0 Å². The van der Waals surface area contributed by atoms with E-state index < -0.39 is 0 Å². The minimum Gasteiger partial charge on any atom is -0.492 e. The monoisotopic (exact) mass is 362 g/mol. The molecule has 26 heavy (non-hydrogen) atoms. The second-order valence-corrected chi connectivity index (χ2v) is 6.98. The van der Waals surface area contributed by atoms with Gasteiger partial charge in [-0.1, -0.05) is 18.2 Å². The van der Waals surface area contributed by atoms with Crippen LogP contribution >= 0.6 is 0 Å². The zero-order chi connectivity index (χ0) is 18.6. The number of aliphatic imine (C=N–C) groups is 1. The Morgan fingerprint density at radius 1 is 1.19 bits per heavy atom. The second kappa shape index (κ2) is 11.8. The molecule has 0 spiro atoms. The number of guanidine groups is 1. The van der Waals surface area contributed by atoms with Gasteiger partial charge in [0.25, 0.3) is 0 Å². The van der Waals surface area contributed by atoms with Gasteiger partial charge in [0.05, 0.1) is 0 Å². The van der Waals surface area contributed by atoms with Gasteiger partial charge >= 0.3 is 0 Å². The summed E-state index contributed by atoms with van der Waals surface area (Å²) in [5.41, 5.74) is 1.13. The van der Waals surface area contributed by atoms with Crippen LogP contribution in [0.15, 0.2) is 29.3 Å². The molecule has 0 atom stereocenters. The van der Waals surface area contributed by atoms with E-state index in [9.17, 15) is 0 Å². The summed E-state index contributed by atoms with van der Waals surface area (Å²) in [7, 11) is 5.88. The number of rotatable bonds is 12. The molecule has 0 aliphatic heterocycles. The van der Waals surface area contributed by atoms with Gasteiger partial charge in [-0.25, -0.2) is 0 Å². The normalized spacial score (nSPS) is 14.5. The maximum atomic E-state index is 5.91. The van der Waals surface area contributed by atoms with Crippen LogP contribution in [0.25, 0.3) is 0 Å². The van der Waals surface area contributed by atoms with Gasteiger partial charge in [0.2, 0.25) is 0 Å². The fraction of sp³-hybridized carbons (Fsp3) is 0.650. The Hall–Kier alpha value is -1.79. The third kappa shape index (κ3) is 8.54. The van der Waals surface area contributed by atoms with Crippen LogP contribution in [0.5, 0.6) is 5.75 Å². The molecule has 1 aliphatic rings. The molecule has 0 heterocycles. The number of para-hydroxylation sites is 1. The molecule has 0 amide bonds. The fourth-order valence-electron chi connectivity index (χ4n) is 2.44. The van der Waals surface area contributed by atoms with E-state index in [0.29, 0.717) is 13.2 Å². The maximum absolute atomic E-state index is 5.91. The quantitative estimate of drug-likeness (QED) is 0.339. The molecular formula is C20H34N4O2. The minimum absolute atomic E-state index is 0.677. The maximum Gasteiger partial charge on any atom is 0.191 e. The topological polar surface area (TPSA) is 58.1 Å². The SMILES string of the molecule is CN=C(NCCCOCC1CC1)NCc1ccccc1OCCN(C)C. The number of hydrogen-bond donors (Lipinski definition) is 2. The number of nitrogens with zero attached hydrogens (tertiary/aromatic N) is 2. The van der Waals surface area contributed by atoms with Crippen LogP contribution in [-0.4, -0.2) is 64.9 Å². The lowest BCUT2D eigenvalue weighted by atomic mass is 10.2. The Bertz CT molecular complexity index is 544. The van der Waals surface area contributed by atoms with Gasteiger partial charge in [0.1, 0.15) is 12.4 Å². The zero-order valence-electron chi connectivity index (χ0n) is 16.5. The lowest BCUT2D eigenvalue weighted by Gasteiger charge is -2.16. The third-order valence-corrected chi connectivity index (χ3v) is 4.25. The first-order valence-corrected chi connectivity index (χ1v) is 9.56. The lowest BCUT2D eigenvalue weighted by molar-refractivity contribution is 0.123. The molecule has 0 saturated heterocycles. The van der Waals surface area contributed by atoms with Crippen LogP contribution in [0.2, 0.25) is 0 Å². The van der Waals surface area contributed by atoms with Crippen molar-refractivity contribution in [1.82, 2.24) is 15.5 Å². The van der Waals surface area contributed by atoms with Gasteiger partial charge in [0, 0.05) is 45.5 Å². The van der Waals surface area contributed by atoms with E-state index in [0.717, 1.165) is 55.9 Å².